The smallest absolute Gasteiger partial charge is 0.0443 e. The fourth-order valence-corrected chi connectivity index (χ4v) is 0.747. The Hall–Kier alpha value is -0.120. The second kappa shape index (κ2) is 4.70. The van der Waals surface area contributed by atoms with Gasteiger partial charge in [0.1, 0.15) is 0 Å². The van der Waals surface area contributed by atoms with Crippen molar-refractivity contribution in [3.63, 3.8) is 0 Å². The highest BCUT2D eigenvalue weighted by Gasteiger charge is 2.20. The summed E-state index contributed by atoms with van der Waals surface area (Å²) in [5.41, 5.74) is 0.0508. The van der Waals surface area contributed by atoms with E-state index >= 15 is 0 Å². The van der Waals surface area contributed by atoms with Crippen molar-refractivity contribution in [2.75, 3.05) is 13.2 Å². The predicted octanol–water partition coefficient (Wildman–Crippen LogP) is 0.733. The first kappa shape index (κ1) is 10.9. The SMILES string of the molecule is CCC(C)(C)N(N)CCCO. The van der Waals surface area contributed by atoms with E-state index in [0.717, 1.165) is 19.4 Å². The van der Waals surface area contributed by atoms with Gasteiger partial charge in [-0.15, -0.1) is 0 Å². The van der Waals surface area contributed by atoms with Crippen LogP contribution in [0.15, 0.2) is 0 Å². The van der Waals surface area contributed by atoms with Gasteiger partial charge in [-0.3, -0.25) is 5.84 Å². The molecule has 0 saturated carbocycles. The molecular weight excluding hydrogens is 140 g/mol. The normalized spacial score (nSPS) is 12.5. The van der Waals surface area contributed by atoms with Crippen molar-refractivity contribution in [1.82, 2.24) is 5.01 Å². The lowest BCUT2D eigenvalue weighted by atomic mass is 10.0. The zero-order chi connectivity index (χ0) is 8.91. The van der Waals surface area contributed by atoms with Crippen molar-refractivity contribution in [2.24, 2.45) is 5.84 Å². The Morgan fingerprint density at radius 1 is 1.45 bits per heavy atom. The molecule has 11 heavy (non-hydrogen) atoms. The van der Waals surface area contributed by atoms with E-state index in [0.29, 0.717) is 0 Å². The maximum atomic E-state index is 8.57. The number of hydrogen-bond donors (Lipinski definition) is 2. The molecule has 3 heteroatoms. The molecule has 0 unspecified atom stereocenters. The van der Waals surface area contributed by atoms with E-state index < -0.39 is 0 Å². The Kier molecular flexibility index (Phi) is 4.65. The van der Waals surface area contributed by atoms with Gasteiger partial charge in [0.2, 0.25) is 0 Å². The van der Waals surface area contributed by atoms with Gasteiger partial charge >= 0.3 is 0 Å². The Morgan fingerprint density at radius 2 is 2.00 bits per heavy atom. The highest BCUT2D eigenvalue weighted by molar-refractivity contribution is 4.75. The Bertz CT molecular complexity index is 104. The van der Waals surface area contributed by atoms with Crippen LogP contribution in [0.4, 0.5) is 0 Å². The third-order valence-electron chi connectivity index (χ3n) is 2.20. The van der Waals surface area contributed by atoms with E-state index in [-0.39, 0.29) is 12.1 Å². The number of aliphatic hydroxyl groups is 1. The predicted molar refractivity (Wildman–Crippen MR) is 47.0 cm³/mol. The summed E-state index contributed by atoms with van der Waals surface area (Å²) < 4.78 is 0. The standard InChI is InChI=1S/C8H20N2O/c1-4-8(2,3)10(9)6-5-7-11/h11H,4-7,9H2,1-3H3. The van der Waals surface area contributed by atoms with Crippen LogP contribution in [0.1, 0.15) is 33.6 Å². The van der Waals surface area contributed by atoms with Crippen molar-refractivity contribution in [3.05, 3.63) is 0 Å². The summed E-state index contributed by atoms with van der Waals surface area (Å²) in [5.74, 6) is 5.77. The largest absolute Gasteiger partial charge is 0.396 e. The fraction of sp³-hybridized carbons (Fsp3) is 1.00. The monoisotopic (exact) mass is 160 g/mol. The van der Waals surface area contributed by atoms with Crippen LogP contribution in [-0.2, 0) is 0 Å². The minimum absolute atomic E-state index is 0.0508. The first-order valence-electron chi connectivity index (χ1n) is 4.17. The van der Waals surface area contributed by atoms with Crippen molar-refractivity contribution in [2.45, 2.75) is 39.2 Å². The van der Waals surface area contributed by atoms with Gasteiger partial charge in [-0.05, 0) is 26.7 Å². The van der Waals surface area contributed by atoms with Gasteiger partial charge in [0.15, 0.2) is 0 Å². The van der Waals surface area contributed by atoms with Gasteiger partial charge in [0.05, 0.1) is 0 Å². The molecule has 0 aliphatic rings. The highest BCUT2D eigenvalue weighted by Crippen LogP contribution is 2.14. The zero-order valence-corrected chi connectivity index (χ0v) is 7.80. The van der Waals surface area contributed by atoms with Crippen molar-refractivity contribution < 1.29 is 5.11 Å². The molecule has 0 aliphatic carbocycles. The summed E-state index contributed by atoms with van der Waals surface area (Å²) in [6.07, 6.45) is 1.77. The first-order valence-corrected chi connectivity index (χ1v) is 4.17. The van der Waals surface area contributed by atoms with Crippen LogP contribution in [0.5, 0.6) is 0 Å². The number of aliphatic hydroxyl groups excluding tert-OH is 1. The molecule has 3 N–H and O–H groups in total. The second-order valence-corrected chi connectivity index (χ2v) is 3.44. The quantitative estimate of drug-likeness (QED) is 0.460. The molecule has 68 valence electrons. The molecule has 0 aliphatic heterocycles. The molecule has 0 radical (unpaired) electrons. The number of rotatable bonds is 5. The van der Waals surface area contributed by atoms with Gasteiger partial charge in [0, 0.05) is 18.7 Å². The summed E-state index contributed by atoms with van der Waals surface area (Å²) in [6, 6.07) is 0. The molecule has 3 nitrogen and oxygen atoms in total. The fourth-order valence-electron chi connectivity index (χ4n) is 0.747. The molecule has 0 aromatic heterocycles. The number of hydrogen-bond acceptors (Lipinski definition) is 3. The summed E-state index contributed by atoms with van der Waals surface area (Å²) in [7, 11) is 0. The molecule has 0 aromatic rings. The first-order chi connectivity index (χ1) is 5.04. The van der Waals surface area contributed by atoms with Crippen LogP contribution in [0.2, 0.25) is 0 Å². The number of hydrazine groups is 1. The molecule has 0 rings (SSSR count). The zero-order valence-electron chi connectivity index (χ0n) is 7.80. The van der Waals surface area contributed by atoms with E-state index in [1.807, 2.05) is 0 Å². The van der Waals surface area contributed by atoms with E-state index in [9.17, 15) is 0 Å². The van der Waals surface area contributed by atoms with Crippen molar-refractivity contribution >= 4 is 0 Å². The van der Waals surface area contributed by atoms with Gasteiger partial charge in [-0.2, -0.15) is 0 Å². The van der Waals surface area contributed by atoms with Crippen LogP contribution in [0.25, 0.3) is 0 Å². The van der Waals surface area contributed by atoms with E-state index in [4.69, 9.17) is 10.9 Å². The topological polar surface area (TPSA) is 49.5 Å². The molecule has 0 spiro atoms. The summed E-state index contributed by atoms with van der Waals surface area (Å²) in [4.78, 5) is 0. The molecule has 0 fully saturated rings. The Morgan fingerprint density at radius 3 is 2.36 bits per heavy atom. The van der Waals surface area contributed by atoms with Gasteiger partial charge in [0.25, 0.3) is 0 Å². The maximum Gasteiger partial charge on any atom is 0.0443 e. The van der Waals surface area contributed by atoms with Crippen LogP contribution in [-0.4, -0.2) is 28.8 Å². The van der Waals surface area contributed by atoms with E-state index in [2.05, 4.69) is 20.8 Å². The van der Waals surface area contributed by atoms with Crippen molar-refractivity contribution in [3.8, 4) is 0 Å². The highest BCUT2D eigenvalue weighted by atomic mass is 16.3. The molecule has 0 saturated heterocycles. The molecule has 0 atom stereocenters. The molecule has 0 heterocycles. The van der Waals surface area contributed by atoms with E-state index in [1.165, 1.54) is 0 Å². The summed E-state index contributed by atoms with van der Waals surface area (Å²) in [5, 5.41) is 10.4. The Labute approximate surface area is 69.2 Å². The number of nitrogens with two attached hydrogens (primary N) is 1. The van der Waals surface area contributed by atoms with Crippen LogP contribution < -0.4 is 5.84 Å². The lowest BCUT2D eigenvalue weighted by molar-refractivity contribution is 0.106. The average Bonchev–Trinajstić information content (AvgIpc) is 2.00. The van der Waals surface area contributed by atoms with Gasteiger partial charge in [-0.25, -0.2) is 5.01 Å². The second-order valence-electron chi connectivity index (χ2n) is 3.44. The molecule has 0 bridgehead atoms. The molecule has 0 amide bonds. The van der Waals surface area contributed by atoms with Gasteiger partial charge in [-0.1, -0.05) is 6.92 Å². The summed E-state index contributed by atoms with van der Waals surface area (Å²) >= 11 is 0. The van der Waals surface area contributed by atoms with Crippen LogP contribution in [0.3, 0.4) is 0 Å². The van der Waals surface area contributed by atoms with E-state index in [1.54, 1.807) is 5.01 Å². The lowest BCUT2D eigenvalue weighted by Crippen LogP contribution is -2.48. The van der Waals surface area contributed by atoms with Crippen molar-refractivity contribution in [1.29, 1.82) is 0 Å². The third-order valence-corrected chi connectivity index (χ3v) is 2.20. The minimum Gasteiger partial charge on any atom is -0.396 e. The van der Waals surface area contributed by atoms with Crippen LogP contribution >= 0.6 is 0 Å². The lowest BCUT2D eigenvalue weighted by Gasteiger charge is -2.33. The van der Waals surface area contributed by atoms with Gasteiger partial charge < -0.3 is 5.11 Å². The molecular formula is C8H20N2O. The molecule has 0 aromatic carbocycles. The number of nitrogens with zero attached hydrogens (tertiary/aromatic N) is 1. The minimum atomic E-state index is 0.0508. The summed E-state index contributed by atoms with van der Waals surface area (Å²) in [6.45, 7) is 7.29. The third kappa shape index (κ3) is 3.70. The van der Waals surface area contributed by atoms with Crippen LogP contribution in [0, 0.1) is 0 Å². The maximum absolute atomic E-state index is 8.57. The Balaban J connectivity index is 3.71. The average molecular weight is 160 g/mol.